The molecule has 19 nitrogen and oxygen atoms in total. The number of ether oxygens (including phenoxy) is 1. The molecule has 2 rings (SSSR count). The molecule has 3 unspecified atom stereocenters. The largest absolute Gasteiger partial charge is 0.756 e. The lowest BCUT2D eigenvalue weighted by Gasteiger charge is -2.33. The number of anilines is 1. The maximum Gasteiger partial charge on any atom is 0.351 e. The van der Waals surface area contributed by atoms with Gasteiger partial charge in [-0.1, -0.05) is 0 Å². The minimum Gasteiger partial charge on any atom is -0.756 e. The van der Waals surface area contributed by atoms with Crippen LogP contribution in [0.25, 0.3) is 0 Å². The number of aromatic nitrogens is 2. The maximum absolute atomic E-state index is 11.7. The van der Waals surface area contributed by atoms with Gasteiger partial charge in [-0.25, -0.2) is 13.4 Å². The van der Waals surface area contributed by atoms with E-state index in [0.717, 1.165) is 4.57 Å². The van der Waals surface area contributed by atoms with Gasteiger partial charge in [0, 0.05) is 12.6 Å². The molecule has 184 valence electrons. The first-order chi connectivity index (χ1) is 12.7. The Morgan fingerprint density at radius 3 is 2.29 bits per heavy atom. The Kier molecular flexibility index (Phi) is 12.1. The molecule has 31 heavy (non-hydrogen) atoms. The highest BCUT2D eigenvalue weighted by atomic mass is 31.3. The van der Waals surface area contributed by atoms with Crippen LogP contribution in [0.4, 0.5) is 5.82 Å². The summed E-state index contributed by atoms with van der Waals surface area (Å²) in [5, 5.41) is 9.90. The first-order valence-corrected chi connectivity index (χ1v) is 11.5. The number of nitrogen functional groups attached to an aromatic ring is 1. The molecule has 1 fully saturated rings. The Bertz CT molecular complexity index is 922. The highest BCUT2D eigenvalue weighted by molar-refractivity contribution is 7.65. The monoisotopic (exact) mass is 518 g/mol. The van der Waals surface area contributed by atoms with E-state index < -0.39 is 54.2 Å². The van der Waals surface area contributed by atoms with Crippen molar-refractivity contribution >= 4 is 29.3 Å². The molecular formula is C9H25N6O13P3. The molecule has 0 amide bonds. The van der Waals surface area contributed by atoms with E-state index in [9.17, 15) is 38.3 Å². The van der Waals surface area contributed by atoms with Crippen LogP contribution in [-0.4, -0.2) is 38.4 Å². The molecule has 0 bridgehead atoms. The normalized spacial score (nSPS) is 26.2. The van der Waals surface area contributed by atoms with Crippen molar-refractivity contribution in [3.8, 4) is 0 Å². The zero-order chi connectivity index (χ0) is 21.3. The van der Waals surface area contributed by atoms with E-state index in [2.05, 4.69) is 18.1 Å². The van der Waals surface area contributed by atoms with Gasteiger partial charge in [0.2, 0.25) is 0 Å². The molecule has 0 saturated carbocycles. The number of nitrogens with zero attached hydrogens (tertiary/aromatic N) is 2. The molecule has 0 aromatic carbocycles. The average molecular weight is 518 g/mol. The van der Waals surface area contributed by atoms with Gasteiger partial charge in [-0.15, -0.1) is 0 Å². The highest BCUT2D eigenvalue weighted by Crippen LogP contribution is 2.61. The van der Waals surface area contributed by atoms with E-state index in [4.69, 9.17) is 15.4 Å². The van der Waals surface area contributed by atoms with Crippen LogP contribution in [0.5, 0.6) is 0 Å². The van der Waals surface area contributed by atoms with E-state index in [1.807, 2.05) is 0 Å². The van der Waals surface area contributed by atoms with Gasteiger partial charge in [-0.05, 0) is 6.07 Å². The number of nitrogens with two attached hydrogens (primary N) is 1. The van der Waals surface area contributed by atoms with Gasteiger partial charge < -0.3 is 58.1 Å². The lowest BCUT2D eigenvalue weighted by molar-refractivity contribution is -0.250. The molecule has 0 aliphatic carbocycles. The van der Waals surface area contributed by atoms with E-state index in [-0.39, 0.29) is 30.7 Å². The molecular weight excluding hydrogens is 493 g/mol. The van der Waals surface area contributed by atoms with Crippen molar-refractivity contribution in [3.05, 3.63) is 22.7 Å². The molecule has 1 aliphatic rings. The maximum atomic E-state index is 11.7. The highest BCUT2D eigenvalue weighted by Gasteiger charge is 2.37. The van der Waals surface area contributed by atoms with Gasteiger partial charge in [0.05, 0.1) is 12.7 Å². The third-order valence-electron chi connectivity index (χ3n) is 3.17. The summed E-state index contributed by atoms with van der Waals surface area (Å²) in [5.74, 6) is -0.0566. The van der Waals surface area contributed by atoms with Crippen LogP contribution in [0.1, 0.15) is 12.6 Å². The summed E-state index contributed by atoms with van der Waals surface area (Å²) >= 11 is 0. The summed E-state index contributed by atoms with van der Waals surface area (Å²) in [6, 6.07) is 1.28. The minimum absolute atomic E-state index is 0. The number of quaternary nitrogens is 3. The van der Waals surface area contributed by atoms with E-state index >= 15 is 0 Å². The van der Waals surface area contributed by atoms with Gasteiger partial charge in [0.1, 0.15) is 18.1 Å². The van der Waals surface area contributed by atoms with Crippen LogP contribution in [-0.2, 0) is 31.6 Å². The smallest absolute Gasteiger partial charge is 0.351 e. The SMILES string of the molecule is Nc1ccn([C@H]2C[C@H](O)[C@@H](COP(=O)([O-])OP(=O)([O-])OP(=O)([O-])O)O2)c(=O)n1.[NH4+].[NH4+].[NH4+]. The lowest BCUT2D eigenvalue weighted by atomic mass is 10.2. The first-order valence-electron chi connectivity index (χ1n) is 7.09. The summed E-state index contributed by atoms with van der Waals surface area (Å²) in [7, 11) is -17.6. The first kappa shape index (κ1) is 32.1. The van der Waals surface area contributed by atoms with Gasteiger partial charge in [0.25, 0.3) is 23.5 Å². The van der Waals surface area contributed by atoms with Crippen molar-refractivity contribution in [2.75, 3.05) is 12.3 Å². The number of hydrogen-bond acceptors (Lipinski definition) is 14. The zero-order valence-corrected chi connectivity index (χ0v) is 19.2. The number of aliphatic hydroxyl groups is 1. The van der Waals surface area contributed by atoms with Crippen LogP contribution in [0.15, 0.2) is 17.1 Å². The quantitative estimate of drug-likeness (QED) is 0.204. The Labute approximate surface area is 174 Å². The second-order valence-electron chi connectivity index (χ2n) is 5.30. The summed E-state index contributed by atoms with van der Waals surface area (Å²) < 4.78 is 49.9. The summed E-state index contributed by atoms with van der Waals surface area (Å²) in [4.78, 5) is 56.4. The Balaban J connectivity index is 0. The second-order valence-corrected chi connectivity index (χ2v) is 9.59. The lowest BCUT2D eigenvalue weighted by Crippen LogP contribution is -2.29. The molecule has 0 radical (unpaired) electrons. The summed E-state index contributed by atoms with van der Waals surface area (Å²) in [5.41, 5.74) is 4.54. The van der Waals surface area contributed by atoms with Crippen LogP contribution < -0.4 is 44.6 Å². The molecule has 1 aromatic heterocycles. The predicted molar refractivity (Wildman–Crippen MR) is 98.6 cm³/mol. The Hall–Kier alpha value is -1.11. The third kappa shape index (κ3) is 9.92. The number of rotatable bonds is 8. The average Bonchev–Trinajstić information content (AvgIpc) is 2.82. The number of hydrogen-bond donors (Lipinski definition) is 6. The van der Waals surface area contributed by atoms with E-state index in [1.165, 1.54) is 12.3 Å². The fourth-order valence-corrected chi connectivity index (χ4v) is 5.03. The van der Waals surface area contributed by atoms with Gasteiger partial charge >= 0.3 is 5.69 Å². The number of aliphatic hydroxyl groups excluding tert-OH is 1. The van der Waals surface area contributed by atoms with Crippen molar-refractivity contribution in [1.29, 1.82) is 0 Å². The van der Waals surface area contributed by atoms with Gasteiger partial charge in [0.15, 0.2) is 0 Å². The molecule has 1 aromatic rings. The number of phosphoric ester groups is 1. The van der Waals surface area contributed by atoms with Crippen molar-refractivity contribution in [3.63, 3.8) is 0 Å². The molecule has 1 aliphatic heterocycles. The Morgan fingerprint density at radius 2 is 1.77 bits per heavy atom. The molecule has 0 spiro atoms. The van der Waals surface area contributed by atoms with Crippen LogP contribution in [0.3, 0.4) is 0 Å². The van der Waals surface area contributed by atoms with Crippen molar-refractivity contribution in [1.82, 2.24) is 28.0 Å². The standard InChI is InChI=1S/C9H16N3O13P3.3H3N/c10-7-1-2-12(9(14)11-7)8-3-5(13)6(23-8)4-22-27(18,19)25-28(20,21)24-26(15,16)17;;;/h1-2,5-6,8,13H,3-4H2,(H,18,19)(H,20,21)(H2,10,11,14)(H2,15,16,17);3*1H3/t5-,6+,8+;;;/m0.../s1. The third-order valence-corrected chi connectivity index (χ3v) is 6.86. The van der Waals surface area contributed by atoms with Crippen molar-refractivity contribution in [2.24, 2.45) is 0 Å². The van der Waals surface area contributed by atoms with Crippen LogP contribution in [0.2, 0.25) is 0 Å². The fourth-order valence-electron chi connectivity index (χ4n) is 2.13. The fraction of sp³-hybridized carbons (Fsp3) is 0.556. The molecule has 16 N–H and O–H groups in total. The van der Waals surface area contributed by atoms with E-state index in [0.29, 0.717) is 0 Å². The summed E-state index contributed by atoms with van der Waals surface area (Å²) in [6.07, 6.45) is -2.66. The van der Waals surface area contributed by atoms with Crippen molar-refractivity contribution in [2.45, 2.75) is 24.9 Å². The summed E-state index contributed by atoms with van der Waals surface area (Å²) in [6.45, 7) is -0.955. The zero-order valence-electron chi connectivity index (χ0n) is 16.5. The second kappa shape index (κ2) is 11.7. The topological polar surface area (TPSA) is 368 Å². The predicted octanol–water partition coefficient (Wildman–Crippen LogP) is -1.95. The molecule has 2 heterocycles. The molecule has 22 heteroatoms. The van der Waals surface area contributed by atoms with Crippen LogP contribution in [0, 0.1) is 0 Å². The number of phosphoric acid groups is 3. The van der Waals surface area contributed by atoms with Crippen molar-refractivity contribution < 1.29 is 56.3 Å². The van der Waals surface area contributed by atoms with Crippen LogP contribution >= 0.6 is 23.5 Å². The van der Waals surface area contributed by atoms with Gasteiger partial charge in [-0.3, -0.25) is 18.3 Å². The van der Waals surface area contributed by atoms with Gasteiger partial charge in [-0.2, -0.15) is 4.98 Å². The minimum atomic E-state index is -6.03. The molecule has 1 saturated heterocycles. The van der Waals surface area contributed by atoms with E-state index in [1.54, 1.807) is 0 Å². The molecule has 6 atom stereocenters. The Morgan fingerprint density at radius 1 is 1.19 bits per heavy atom.